The van der Waals surface area contributed by atoms with E-state index in [1.165, 1.54) is 0 Å². The molecule has 0 saturated heterocycles. The highest BCUT2D eigenvalue weighted by Crippen LogP contribution is 2.18. The summed E-state index contributed by atoms with van der Waals surface area (Å²) in [5.41, 5.74) is 0.657. The monoisotopic (exact) mass is 293 g/mol. The van der Waals surface area contributed by atoms with E-state index < -0.39 is 5.97 Å². The molecule has 1 atom stereocenters. The highest BCUT2D eigenvalue weighted by molar-refractivity contribution is 5.91. The summed E-state index contributed by atoms with van der Waals surface area (Å²) in [6, 6.07) is 6.96. The molecule has 1 aromatic rings. The lowest BCUT2D eigenvalue weighted by molar-refractivity contribution is -0.145. The summed E-state index contributed by atoms with van der Waals surface area (Å²) in [6.45, 7) is 6.03. The number of rotatable bonds is 8. The van der Waals surface area contributed by atoms with Crippen LogP contribution in [0.5, 0.6) is 5.75 Å². The van der Waals surface area contributed by atoms with Crippen molar-refractivity contribution in [2.45, 2.75) is 33.6 Å². The topological polar surface area (TPSA) is 64.6 Å². The van der Waals surface area contributed by atoms with E-state index in [2.05, 4.69) is 12.2 Å². The van der Waals surface area contributed by atoms with Crippen LogP contribution >= 0.6 is 0 Å². The molecule has 1 amide bonds. The zero-order valence-corrected chi connectivity index (χ0v) is 12.8. The molecule has 0 aliphatic rings. The highest BCUT2D eigenvalue weighted by Gasteiger charge is 2.08. The van der Waals surface area contributed by atoms with Gasteiger partial charge in [-0.15, -0.1) is 0 Å². The normalized spacial score (nSPS) is 11.6. The van der Waals surface area contributed by atoms with E-state index in [9.17, 15) is 9.59 Å². The van der Waals surface area contributed by atoms with Crippen molar-refractivity contribution < 1.29 is 19.1 Å². The van der Waals surface area contributed by atoms with E-state index in [0.717, 1.165) is 6.42 Å². The van der Waals surface area contributed by atoms with Crippen molar-refractivity contribution in [3.8, 4) is 5.75 Å². The number of carbonyl (C=O) groups excluding carboxylic acids is 2. The van der Waals surface area contributed by atoms with Crippen LogP contribution in [0.4, 0.5) is 5.69 Å². The van der Waals surface area contributed by atoms with Crippen molar-refractivity contribution in [2.75, 3.05) is 18.5 Å². The molecule has 21 heavy (non-hydrogen) atoms. The van der Waals surface area contributed by atoms with Crippen molar-refractivity contribution in [2.24, 2.45) is 5.92 Å². The summed E-state index contributed by atoms with van der Waals surface area (Å²) in [4.78, 5) is 23.0. The molecule has 1 rings (SSSR count). The summed E-state index contributed by atoms with van der Waals surface area (Å²) in [5, 5.41) is 2.83. The Morgan fingerprint density at radius 1 is 1.29 bits per heavy atom. The van der Waals surface area contributed by atoms with Crippen LogP contribution in [-0.2, 0) is 14.3 Å². The molecule has 0 saturated carbocycles. The quantitative estimate of drug-likeness (QED) is 0.748. The molecule has 0 spiro atoms. The molecule has 1 N–H and O–H groups in total. The van der Waals surface area contributed by atoms with Crippen LogP contribution < -0.4 is 10.1 Å². The molecule has 1 unspecified atom stereocenters. The Morgan fingerprint density at radius 3 is 2.71 bits per heavy atom. The van der Waals surface area contributed by atoms with Gasteiger partial charge in [-0.25, -0.2) is 4.79 Å². The first-order chi connectivity index (χ1) is 10.0. The van der Waals surface area contributed by atoms with E-state index in [1.54, 1.807) is 31.2 Å². The minimum absolute atomic E-state index is 0.0214. The molecule has 116 valence electrons. The number of nitrogens with one attached hydrogen (secondary N) is 1. The number of hydrogen-bond donors (Lipinski definition) is 1. The Morgan fingerprint density at radius 2 is 2.05 bits per heavy atom. The van der Waals surface area contributed by atoms with Gasteiger partial charge in [-0.3, -0.25) is 4.79 Å². The summed E-state index contributed by atoms with van der Waals surface area (Å²) in [6.07, 6.45) is 1.46. The Balaban J connectivity index is 2.52. The fourth-order valence-corrected chi connectivity index (χ4v) is 1.68. The van der Waals surface area contributed by atoms with Crippen LogP contribution in [0.3, 0.4) is 0 Å². The van der Waals surface area contributed by atoms with Gasteiger partial charge < -0.3 is 14.8 Å². The van der Waals surface area contributed by atoms with E-state index >= 15 is 0 Å². The fraction of sp³-hybridized carbons (Fsp3) is 0.500. The molecule has 0 fully saturated rings. The maximum absolute atomic E-state index is 11.8. The average Bonchev–Trinajstić information content (AvgIpc) is 2.45. The van der Waals surface area contributed by atoms with Gasteiger partial charge in [-0.2, -0.15) is 0 Å². The molecule has 5 nitrogen and oxygen atoms in total. The van der Waals surface area contributed by atoms with Gasteiger partial charge in [0.15, 0.2) is 6.61 Å². The lowest BCUT2D eigenvalue weighted by atomic mass is 10.1. The third-order valence-corrected chi connectivity index (χ3v) is 3.01. The second-order valence-electron chi connectivity index (χ2n) is 4.89. The number of amides is 1. The van der Waals surface area contributed by atoms with Gasteiger partial charge in [0.25, 0.3) is 0 Å². The SMILES string of the molecule is CCOC(=O)COc1cccc(NC(=O)CC(C)CC)c1. The Hall–Kier alpha value is -2.04. The minimum Gasteiger partial charge on any atom is -0.482 e. The van der Waals surface area contributed by atoms with Crippen LogP contribution in [0.1, 0.15) is 33.6 Å². The van der Waals surface area contributed by atoms with Gasteiger partial charge in [0, 0.05) is 18.2 Å². The lowest BCUT2D eigenvalue weighted by Gasteiger charge is -2.11. The number of anilines is 1. The molecular weight excluding hydrogens is 270 g/mol. The zero-order valence-electron chi connectivity index (χ0n) is 12.8. The predicted octanol–water partition coefficient (Wildman–Crippen LogP) is 3.00. The largest absolute Gasteiger partial charge is 0.482 e. The van der Waals surface area contributed by atoms with E-state index in [-0.39, 0.29) is 12.5 Å². The summed E-state index contributed by atoms with van der Waals surface area (Å²) < 4.78 is 10.1. The lowest BCUT2D eigenvalue weighted by Crippen LogP contribution is -2.16. The Bertz CT molecular complexity index is 473. The van der Waals surface area contributed by atoms with E-state index in [4.69, 9.17) is 9.47 Å². The molecule has 0 aromatic heterocycles. The summed E-state index contributed by atoms with van der Waals surface area (Å²) in [5.74, 6) is 0.438. The van der Waals surface area contributed by atoms with Crippen LogP contribution in [0.2, 0.25) is 0 Å². The zero-order chi connectivity index (χ0) is 15.7. The molecular formula is C16H23NO4. The Kier molecular flexibility index (Phi) is 7.29. The third kappa shape index (κ3) is 6.79. The van der Waals surface area contributed by atoms with E-state index in [1.807, 2.05) is 6.92 Å². The van der Waals surface area contributed by atoms with Gasteiger partial charge in [0.2, 0.25) is 5.91 Å². The fourth-order valence-electron chi connectivity index (χ4n) is 1.68. The first-order valence-electron chi connectivity index (χ1n) is 7.23. The Labute approximate surface area is 125 Å². The summed E-state index contributed by atoms with van der Waals surface area (Å²) in [7, 11) is 0. The molecule has 0 aliphatic carbocycles. The van der Waals surface area contributed by atoms with Gasteiger partial charge in [0.05, 0.1) is 6.61 Å². The molecule has 0 aliphatic heterocycles. The molecule has 5 heteroatoms. The third-order valence-electron chi connectivity index (χ3n) is 3.01. The van der Waals surface area contributed by atoms with Gasteiger partial charge >= 0.3 is 5.97 Å². The molecule has 1 aromatic carbocycles. The van der Waals surface area contributed by atoms with Crippen molar-refractivity contribution in [3.63, 3.8) is 0 Å². The number of hydrogen-bond acceptors (Lipinski definition) is 4. The standard InChI is InChI=1S/C16H23NO4/c1-4-12(3)9-15(18)17-13-7-6-8-14(10-13)21-11-16(19)20-5-2/h6-8,10,12H,4-5,9,11H2,1-3H3,(H,17,18). The number of carbonyl (C=O) groups is 2. The van der Waals surface area contributed by atoms with Gasteiger partial charge in [-0.1, -0.05) is 26.3 Å². The van der Waals surface area contributed by atoms with Crippen molar-refractivity contribution in [1.82, 2.24) is 0 Å². The van der Waals surface area contributed by atoms with Crippen molar-refractivity contribution in [1.29, 1.82) is 0 Å². The van der Waals surface area contributed by atoms with Crippen molar-refractivity contribution >= 4 is 17.6 Å². The molecule has 0 heterocycles. The summed E-state index contributed by atoms with van der Waals surface area (Å²) >= 11 is 0. The maximum Gasteiger partial charge on any atom is 0.344 e. The molecule has 0 radical (unpaired) electrons. The second kappa shape index (κ2) is 9.00. The van der Waals surface area contributed by atoms with Crippen LogP contribution in [-0.4, -0.2) is 25.1 Å². The van der Waals surface area contributed by atoms with Gasteiger partial charge in [-0.05, 0) is 25.0 Å². The first-order valence-corrected chi connectivity index (χ1v) is 7.23. The number of esters is 1. The van der Waals surface area contributed by atoms with Crippen LogP contribution in [0, 0.1) is 5.92 Å². The van der Waals surface area contributed by atoms with E-state index in [0.29, 0.717) is 30.4 Å². The van der Waals surface area contributed by atoms with Crippen molar-refractivity contribution in [3.05, 3.63) is 24.3 Å². The second-order valence-corrected chi connectivity index (χ2v) is 4.89. The maximum atomic E-state index is 11.8. The number of ether oxygens (including phenoxy) is 2. The molecule has 0 bridgehead atoms. The number of benzene rings is 1. The van der Waals surface area contributed by atoms with Crippen LogP contribution in [0.15, 0.2) is 24.3 Å². The average molecular weight is 293 g/mol. The van der Waals surface area contributed by atoms with Gasteiger partial charge in [0.1, 0.15) is 5.75 Å². The smallest absolute Gasteiger partial charge is 0.344 e. The highest BCUT2D eigenvalue weighted by atomic mass is 16.6. The first kappa shape index (κ1) is 17.0. The van der Waals surface area contributed by atoms with Crippen LogP contribution in [0.25, 0.3) is 0 Å². The predicted molar refractivity (Wildman–Crippen MR) is 81.3 cm³/mol. The minimum atomic E-state index is -0.413.